The van der Waals surface area contributed by atoms with Crippen molar-refractivity contribution in [1.82, 2.24) is 0 Å². The molecule has 0 amide bonds. The van der Waals surface area contributed by atoms with E-state index < -0.39 is 4.92 Å². The van der Waals surface area contributed by atoms with Gasteiger partial charge in [0.1, 0.15) is 12.0 Å². The van der Waals surface area contributed by atoms with Gasteiger partial charge in [-0.3, -0.25) is 14.9 Å². The normalized spacial score (nSPS) is 10.0. The van der Waals surface area contributed by atoms with E-state index in [1.807, 2.05) is 0 Å². The summed E-state index contributed by atoms with van der Waals surface area (Å²) in [4.78, 5) is 33.4. The van der Waals surface area contributed by atoms with Gasteiger partial charge in [-0.25, -0.2) is 0 Å². The summed E-state index contributed by atoms with van der Waals surface area (Å²) in [6.45, 7) is 0. The number of carbonyl (C=O) groups excluding carboxylic acids is 2. The summed E-state index contributed by atoms with van der Waals surface area (Å²) < 4.78 is 5.09. The van der Waals surface area contributed by atoms with Gasteiger partial charge in [-0.15, -0.1) is 0 Å². The third-order valence-electron chi connectivity index (χ3n) is 3.21. The molecule has 2 aromatic rings. The molecule has 2 rings (SSSR count). The Balaban J connectivity index is 2.42. The Hall–Kier alpha value is -3.02. The minimum atomic E-state index is -0.530. The van der Waals surface area contributed by atoms with Crippen LogP contribution in [0.1, 0.15) is 21.5 Å². The first-order valence-corrected chi connectivity index (χ1v) is 6.46. The molecular weight excluding hydrogens is 286 g/mol. The molecule has 0 unspecified atom stereocenters. The van der Waals surface area contributed by atoms with Crippen LogP contribution in [0.25, 0.3) is 0 Å². The average molecular weight is 299 g/mol. The van der Waals surface area contributed by atoms with Crippen LogP contribution in [-0.2, 0) is 11.2 Å². The van der Waals surface area contributed by atoms with Gasteiger partial charge in [0.15, 0.2) is 5.78 Å². The van der Waals surface area contributed by atoms with Gasteiger partial charge in [-0.1, -0.05) is 6.07 Å². The number of non-ortho nitro benzene ring substituents is 1. The predicted octanol–water partition coefficient (Wildman–Crippen LogP) is 2.58. The molecule has 22 heavy (non-hydrogen) atoms. The largest absolute Gasteiger partial charge is 0.497 e. The second-order valence-electron chi connectivity index (χ2n) is 4.53. The summed E-state index contributed by atoms with van der Waals surface area (Å²) in [6, 6.07) is 10.2. The van der Waals surface area contributed by atoms with Crippen LogP contribution in [0.3, 0.4) is 0 Å². The Morgan fingerprint density at radius 1 is 1.23 bits per heavy atom. The van der Waals surface area contributed by atoms with Crippen LogP contribution in [0.4, 0.5) is 5.69 Å². The van der Waals surface area contributed by atoms with Crippen LogP contribution in [0.15, 0.2) is 42.5 Å². The predicted molar refractivity (Wildman–Crippen MR) is 79.3 cm³/mol. The van der Waals surface area contributed by atoms with Crippen LogP contribution < -0.4 is 4.74 Å². The summed E-state index contributed by atoms with van der Waals surface area (Å²) >= 11 is 0. The van der Waals surface area contributed by atoms with Gasteiger partial charge in [0.05, 0.1) is 12.0 Å². The number of nitrogens with zero attached hydrogens (tertiary/aromatic N) is 1. The maximum absolute atomic E-state index is 12.5. The maximum atomic E-state index is 12.5. The van der Waals surface area contributed by atoms with Crippen molar-refractivity contribution in [3.8, 4) is 5.75 Å². The van der Waals surface area contributed by atoms with Crippen LogP contribution >= 0.6 is 0 Å². The molecule has 0 heterocycles. The van der Waals surface area contributed by atoms with Crippen LogP contribution in [0, 0.1) is 10.1 Å². The van der Waals surface area contributed by atoms with E-state index in [1.165, 1.54) is 31.4 Å². The van der Waals surface area contributed by atoms with E-state index in [0.29, 0.717) is 28.7 Å². The number of aldehydes is 1. The zero-order valence-electron chi connectivity index (χ0n) is 11.8. The topological polar surface area (TPSA) is 86.5 Å². The third-order valence-corrected chi connectivity index (χ3v) is 3.21. The molecule has 0 radical (unpaired) electrons. The molecule has 0 N–H and O–H groups in total. The Morgan fingerprint density at radius 3 is 2.45 bits per heavy atom. The second kappa shape index (κ2) is 6.62. The van der Waals surface area contributed by atoms with Crippen molar-refractivity contribution in [1.29, 1.82) is 0 Å². The van der Waals surface area contributed by atoms with Crippen molar-refractivity contribution in [2.75, 3.05) is 7.11 Å². The Labute approximate surface area is 126 Å². The number of ketones is 1. The van der Waals surface area contributed by atoms with Gasteiger partial charge < -0.3 is 9.53 Å². The summed E-state index contributed by atoms with van der Waals surface area (Å²) in [5.74, 6) is 0.186. The first kappa shape index (κ1) is 15.4. The number of carbonyl (C=O) groups is 2. The monoisotopic (exact) mass is 299 g/mol. The summed E-state index contributed by atoms with van der Waals surface area (Å²) in [7, 11) is 1.48. The molecule has 0 atom stereocenters. The fraction of sp³-hybridized carbons (Fsp3) is 0.125. The molecule has 0 spiro atoms. The van der Waals surface area contributed by atoms with E-state index in [4.69, 9.17) is 4.74 Å². The standard InChI is InChI=1S/C16H13NO5/c1-22-14-7-4-11(8-9-18)15(10-14)16(19)12-2-5-13(6-3-12)17(20)21/h2-7,9-10H,8H2,1H3. The lowest BCUT2D eigenvalue weighted by Gasteiger charge is -2.09. The lowest BCUT2D eigenvalue weighted by molar-refractivity contribution is -0.384. The van der Waals surface area contributed by atoms with Crippen molar-refractivity contribution in [3.05, 3.63) is 69.3 Å². The molecule has 0 aliphatic carbocycles. The third kappa shape index (κ3) is 3.17. The Morgan fingerprint density at radius 2 is 1.91 bits per heavy atom. The number of hydrogen-bond donors (Lipinski definition) is 0. The molecule has 0 bridgehead atoms. The highest BCUT2D eigenvalue weighted by Gasteiger charge is 2.16. The fourth-order valence-electron chi connectivity index (χ4n) is 2.05. The molecular formula is C16H13NO5. The number of nitro groups is 1. The Bertz CT molecular complexity index is 722. The van der Waals surface area contributed by atoms with E-state index in [1.54, 1.807) is 18.2 Å². The van der Waals surface area contributed by atoms with Gasteiger partial charge in [0, 0.05) is 29.7 Å². The van der Waals surface area contributed by atoms with E-state index in [0.717, 1.165) is 0 Å². The molecule has 6 nitrogen and oxygen atoms in total. The van der Waals surface area contributed by atoms with Crippen molar-refractivity contribution < 1.29 is 19.2 Å². The van der Waals surface area contributed by atoms with Crippen LogP contribution in [0.2, 0.25) is 0 Å². The number of hydrogen-bond acceptors (Lipinski definition) is 5. The highest BCUT2D eigenvalue weighted by molar-refractivity contribution is 6.10. The molecule has 0 fully saturated rings. The van der Waals surface area contributed by atoms with Crippen LogP contribution in [0.5, 0.6) is 5.75 Å². The van der Waals surface area contributed by atoms with Gasteiger partial charge in [0.2, 0.25) is 0 Å². The summed E-state index contributed by atoms with van der Waals surface area (Å²) in [5.41, 5.74) is 1.15. The first-order chi connectivity index (χ1) is 10.6. The SMILES string of the molecule is COc1ccc(CC=O)c(C(=O)c2ccc([N+](=O)[O-])cc2)c1. The van der Waals surface area contributed by atoms with Crippen molar-refractivity contribution in [2.45, 2.75) is 6.42 Å². The van der Waals surface area contributed by atoms with E-state index in [-0.39, 0.29) is 17.9 Å². The van der Waals surface area contributed by atoms with Gasteiger partial charge in [-0.05, 0) is 29.8 Å². The quantitative estimate of drug-likeness (QED) is 0.354. The number of benzene rings is 2. The molecule has 2 aromatic carbocycles. The highest BCUT2D eigenvalue weighted by atomic mass is 16.6. The van der Waals surface area contributed by atoms with Gasteiger partial charge in [-0.2, -0.15) is 0 Å². The van der Waals surface area contributed by atoms with Gasteiger partial charge in [0.25, 0.3) is 5.69 Å². The lowest BCUT2D eigenvalue weighted by atomic mass is 9.96. The van der Waals surface area contributed by atoms with E-state index in [9.17, 15) is 19.7 Å². The van der Waals surface area contributed by atoms with Crippen molar-refractivity contribution in [3.63, 3.8) is 0 Å². The first-order valence-electron chi connectivity index (χ1n) is 6.46. The van der Waals surface area contributed by atoms with Crippen LogP contribution in [-0.4, -0.2) is 24.1 Å². The number of nitro benzene ring substituents is 1. The smallest absolute Gasteiger partial charge is 0.269 e. The molecule has 0 aliphatic heterocycles. The molecule has 0 aromatic heterocycles. The second-order valence-corrected chi connectivity index (χ2v) is 4.53. The number of rotatable bonds is 6. The van der Waals surface area contributed by atoms with E-state index in [2.05, 4.69) is 0 Å². The highest BCUT2D eigenvalue weighted by Crippen LogP contribution is 2.22. The van der Waals surface area contributed by atoms with Gasteiger partial charge >= 0.3 is 0 Å². The molecule has 0 saturated carbocycles. The molecule has 112 valence electrons. The van der Waals surface area contributed by atoms with Crippen molar-refractivity contribution >= 4 is 17.8 Å². The molecule has 0 saturated heterocycles. The minimum absolute atomic E-state index is 0.0877. The maximum Gasteiger partial charge on any atom is 0.269 e. The average Bonchev–Trinajstić information content (AvgIpc) is 2.55. The minimum Gasteiger partial charge on any atom is -0.497 e. The number of ether oxygens (including phenoxy) is 1. The Kier molecular flexibility index (Phi) is 4.63. The summed E-state index contributed by atoms with van der Waals surface area (Å²) in [6.07, 6.45) is 0.826. The molecule has 0 aliphatic rings. The number of methoxy groups -OCH3 is 1. The molecule has 6 heteroatoms. The summed E-state index contributed by atoms with van der Waals surface area (Å²) in [5, 5.41) is 10.6. The zero-order chi connectivity index (χ0) is 16.1. The lowest BCUT2D eigenvalue weighted by Crippen LogP contribution is -2.07. The fourth-order valence-corrected chi connectivity index (χ4v) is 2.05. The van der Waals surface area contributed by atoms with E-state index >= 15 is 0 Å². The van der Waals surface area contributed by atoms with Crippen molar-refractivity contribution in [2.24, 2.45) is 0 Å². The zero-order valence-corrected chi connectivity index (χ0v) is 11.8.